The molecule has 0 heterocycles. The summed E-state index contributed by atoms with van der Waals surface area (Å²) < 4.78 is 0. The number of hydrogen-bond acceptors (Lipinski definition) is 2. The molecule has 0 aromatic rings. The van der Waals surface area contributed by atoms with E-state index in [1.165, 1.54) is 6.20 Å². The fourth-order valence-corrected chi connectivity index (χ4v) is 0.198. The third-order valence-electron chi connectivity index (χ3n) is 0.685. The lowest BCUT2D eigenvalue weighted by atomic mass is 10.7. The highest BCUT2D eigenvalue weighted by Crippen LogP contribution is 1.63. The first kappa shape index (κ1) is 7.01. The van der Waals surface area contributed by atoms with E-state index >= 15 is 0 Å². The zero-order valence-electron chi connectivity index (χ0n) is 5.23. The average molecular weight is 113 g/mol. The predicted octanol–water partition coefficient (Wildman–Crippen LogP) is 0.272. The van der Waals surface area contributed by atoms with Gasteiger partial charge in [-0.05, 0) is 6.92 Å². The van der Waals surface area contributed by atoms with Crippen LogP contribution >= 0.6 is 0 Å². The largest absolute Gasteiger partial charge is 0.375 e. The summed E-state index contributed by atoms with van der Waals surface area (Å²) >= 11 is 0. The molecule has 0 rings (SSSR count). The molecule has 0 bridgehead atoms. The minimum Gasteiger partial charge on any atom is -0.375 e. The lowest BCUT2D eigenvalue weighted by Gasteiger charge is -1.94. The van der Waals surface area contributed by atoms with Gasteiger partial charge in [-0.3, -0.25) is 5.43 Å². The molecular formula is C5H11N3. The van der Waals surface area contributed by atoms with Gasteiger partial charge in [-0.25, -0.2) is 0 Å². The molecule has 0 fully saturated rings. The summed E-state index contributed by atoms with van der Waals surface area (Å²) in [5.41, 5.74) is 2.59. The van der Waals surface area contributed by atoms with Gasteiger partial charge < -0.3 is 5.32 Å². The van der Waals surface area contributed by atoms with Gasteiger partial charge in [0.2, 0.25) is 0 Å². The summed E-state index contributed by atoms with van der Waals surface area (Å²) in [4.78, 5) is 0. The number of nitrogens with one attached hydrogen (secondary N) is 2. The number of amidine groups is 1. The minimum atomic E-state index is 0.838. The van der Waals surface area contributed by atoms with E-state index in [9.17, 15) is 0 Å². The van der Waals surface area contributed by atoms with Crippen molar-refractivity contribution in [3.63, 3.8) is 0 Å². The van der Waals surface area contributed by atoms with Gasteiger partial charge in [0.15, 0.2) is 0 Å². The first-order valence-electron chi connectivity index (χ1n) is 2.39. The van der Waals surface area contributed by atoms with Gasteiger partial charge in [-0.2, -0.15) is 5.10 Å². The molecule has 0 aliphatic carbocycles. The lowest BCUT2D eigenvalue weighted by Crippen LogP contribution is -2.16. The fourth-order valence-electron chi connectivity index (χ4n) is 0.198. The molecule has 8 heavy (non-hydrogen) atoms. The zero-order chi connectivity index (χ0) is 6.41. The van der Waals surface area contributed by atoms with Crippen molar-refractivity contribution < 1.29 is 0 Å². The monoisotopic (exact) mass is 113 g/mol. The van der Waals surface area contributed by atoms with Crippen LogP contribution in [0.15, 0.2) is 17.9 Å². The first-order chi connectivity index (χ1) is 3.81. The predicted molar refractivity (Wildman–Crippen MR) is 35.5 cm³/mol. The van der Waals surface area contributed by atoms with Crippen LogP contribution in [0.25, 0.3) is 0 Å². The second-order valence-corrected chi connectivity index (χ2v) is 1.28. The quantitative estimate of drug-likeness (QED) is 0.306. The van der Waals surface area contributed by atoms with Crippen LogP contribution in [0, 0.1) is 0 Å². The summed E-state index contributed by atoms with van der Waals surface area (Å²) in [6.07, 6.45) is 1.51. The number of nitrogens with zero attached hydrogens (tertiary/aromatic N) is 1. The fraction of sp³-hybridized carbons (Fsp3) is 0.400. The van der Waals surface area contributed by atoms with Gasteiger partial charge in [-0.15, -0.1) is 0 Å². The van der Waals surface area contributed by atoms with Gasteiger partial charge in [0.1, 0.15) is 5.84 Å². The highest BCUT2D eigenvalue weighted by Gasteiger charge is 1.76. The van der Waals surface area contributed by atoms with Crippen LogP contribution in [0.1, 0.15) is 6.92 Å². The third kappa shape index (κ3) is 3.21. The van der Waals surface area contributed by atoms with Crippen LogP contribution in [-0.4, -0.2) is 12.9 Å². The zero-order valence-corrected chi connectivity index (χ0v) is 5.23. The molecule has 0 saturated carbocycles. The second-order valence-electron chi connectivity index (χ2n) is 1.28. The summed E-state index contributed by atoms with van der Waals surface area (Å²) in [7, 11) is 1.81. The molecule has 3 heteroatoms. The van der Waals surface area contributed by atoms with Crippen molar-refractivity contribution in [2.75, 3.05) is 7.05 Å². The molecule has 0 amide bonds. The third-order valence-corrected chi connectivity index (χ3v) is 0.685. The van der Waals surface area contributed by atoms with Gasteiger partial charge in [0, 0.05) is 13.2 Å². The molecule has 0 aromatic heterocycles. The van der Waals surface area contributed by atoms with Crippen LogP contribution < -0.4 is 10.7 Å². The van der Waals surface area contributed by atoms with E-state index in [0.29, 0.717) is 0 Å². The molecular weight excluding hydrogens is 102 g/mol. The smallest absolute Gasteiger partial charge is 0.119 e. The molecule has 3 nitrogen and oxygen atoms in total. The van der Waals surface area contributed by atoms with Crippen LogP contribution in [0.5, 0.6) is 0 Å². The van der Waals surface area contributed by atoms with Crippen molar-refractivity contribution in [1.29, 1.82) is 0 Å². The van der Waals surface area contributed by atoms with Crippen molar-refractivity contribution in [2.45, 2.75) is 6.92 Å². The molecule has 0 aliphatic rings. The van der Waals surface area contributed by atoms with Crippen molar-refractivity contribution >= 4 is 5.84 Å². The maximum absolute atomic E-state index is 3.80. The topological polar surface area (TPSA) is 36.4 Å². The van der Waals surface area contributed by atoms with Crippen molar-refractivity contribution in [1.82, 2.24) is 10.7 Å². The van der Waals surface area contributed by atoms with Crippen LogP contribution in [0.3, 0.4) is 0 Å². The van der Waals surface area contributed by atoms with Crippen LogP contribution in [0.4, 0.5) is 0 Å². The Morgan fingerprint density at radius 3 is 2.75 bits per heavy atom. The Kier molecular flexibility index (Phi) is 3.66. The number of rotatable bonds is 2. The molecule has 0 atom stereocenters. The Balaban J connectivity index is 3.40. The van der Waals surface area contributed by atoms with Gasteiger partial charge in [-0.1, -0.05) is 6.58 Å². The molecule has 0 unspecified atom stereocenters. The lowest BCUT2D eigenvalue weighted by molar-refractivity contribution is 0.941. The van der Waals surface area contributed by atoms with Gasteiger partial charge in [0.25, 0.3) is 0 Å². The van der Waals surface area contributed by atoms with Crippen LogP contribution in [-0.2, 0) is 0 Å². The van der Waals surface area contributed by atoms with Crippen molar-refractivity contribution in [3.05, 3.63) is 12.8 Å². The second kappa shape index (κ2) is 4.18. The molecule has 0 spiro atoms. The van der Waals surface area contributed by atoms with Crippen molar-refractivity contribution in [2.24, 2.45) is 5.10 Å². The summed E-state index contributed by atoms with van der Waals surface area (Å²) in [5, 5.41) is 6.64. The Labute approximate surface area is 49.5 Å². The Morgan fingerprint density at radius 2 is 2.38 bits per heavy atom. The standard InChI is InChI=1S/C5H11N3/c1-4-7-8-5(2)6-3/h4,7H,1H2,2-3H3,(H,6,8). The van der Waals surface area contributed by atoms with Crippen molar-refractivity contribution in [3.8, 4) is 0 Å². The number of hydrogen-bond donors (Lipinski definition) is 2. The molecule has 0 saturated heterocycles. The SMILES string of the molecule is C=CN/N=C(/C)NC. The highest BCUT2D eigenvalue weighted by molar-refractivity contribution is 5.78. The van der Waals surface area contributed by atoms with E-state index in [0.717, 1.165) is 5.84 Å². The van der Waals surface area contributed by atoms with Gasteiger partial charge >= 0.3 is 0 Å². The molecule has 0 radical (unpaired) electrons. The Bertz CT molecular complexity index is 95.8. The summed E-state index contributed by atoms with van der Waals surface area (Å²) in [6, 6.07) is 0. The van der Waals surface area contributed by atoms with E-state index in [2.05, 4.69) is 22.4 Å². The van der Waals surface area contributed by atoms with Crippen LogP contribution in [0.2, 0.25) is 0 Å². The maximum Gasteiger partial charge on any atom is 0.119 e. The Hall–Kier alpha value is -0.990. The maximum atomic E-state index is 3.80. The average Bonchev–Trinajstić information content (AvgIpc) is 1.83. The number of hydrazone groups is 1. The Morgan fingerprint density at radius 1 is 1.75 bits per heavy atom. The minimum absolute atomic E-state index is 0.838. The highest BCUT2D eigenvalue weighted by atomic mass is 15.3. The molecule has 2 N–H and O–H groups in total. The molecule has 46 valence electrons. The van der Waals surface area contributed by atoms with Gasteiger partial charge in [0.05, 0.1) is 0 Å². The van der Waals surface area contributed by atoms with E-state index in [1.54, 1.807) is 0 Å². The van der Waals surface area contributed by atoms with E-state index < -0.39 is 0 Å². The summed E-state index contributed by atoms with van der Waals surface area (Å²) in [6.45, 7) is 5.28. The first-order valence-corrected chi connectivity index (χ1v) is 2.39. The van der Waals surface area contributed by atoms with E-state index in [4.69, 9.17) is 0 Å². The molecule has 0 aromatic carbocycles. The normalized spacial score (nSPS) is 10.5. The van der Waals surface area contributed by atoms with E-state index in [-0.39, 0.29) is 0 Å². The molecule has 0 aliphatic heterocycles. The summed E-state index contributed by atoms with van der Waals surface area (Å²) in [5.74, 6) is 0.838. The van der Waals surface area contributed by atoms with E-state index in [1.807, 2.05) is 14.0 Å².